The third-order valence-corrected chi connectivity index (χ3v) is 4.80. The number of carbonyl (C=O) groups excluding carboxylic acids is 1. The van der Waals surface area contributed by atoms with Crippen molar-refractivity contribution in [3.8, 4) is 0 Å². The molecule has 2 aromatic rings. The third kappa shape index (κ3) is 4.04. The van der Waals surface area contributed by atoms with Gasteiger partial charge in [0.1, 0.15) is 0 Å². The van der Waals surface area contributed by atoms with Crippen LogP contribution in [0.25, 0.3) is 0 Å². The summed E-state index contributed by atoms with van der Waals surface area (Å²) in [6.45, 7) is 6.63. The lowest BCUT2D eigenvalue weighted by Gasteiger charge is -2.34. The van der Waals surface area contributed by atoms with E-state index in [1.54, 1.807) is 0 Å². The number of ether oxygens (including phenoxy) is 1. The molecule has 1 aliphatic heterocycles. The van der Waals surface area contributed by atoms with Crippen LogP contribution < -0.4 is 0 Å². The van der Waals surface area contributed by atoms with Gasteiger partial charge in [0, 0.05) is 24.9 Å². The second-order valence-corrected chi connectivity index (χ2v) is 6.96. The van der Waals surface area contributed by atoms with Crippen LogP contribution in [0.3, 0.4) is 0 Å². The van der Waals surface area contributed by atoms with Crippen LogP contribution in [0.2, 0.25) is 0 Å². The van der Waals surface area contributed by atoms with Gasteiger partial charge in [0.05, 0.1) is 24.6 Å². The summed E-state index contributed by atoms with van der Waals surface area (Å²) in [7, 11) is 0. The number of thiophene rings is 1. The summed E-state index contributed by atoms with van der Waals surface area (Å²) in [6.07, 6.45) is 0.454. The van der Waals surface area contributed by atoms with Gasteiger partial charge in [-0.15, -0.1) is 11.3 Å². The van der Waals surface area contributed by atoms with Gasteiger partial charge in [0.25, 0.3) is 0 Å². The Morgan fingerprint density at radius 3 is 3.09 bits per heavy atom. The molecule has 1 aliphatic rings. The van der Waals surface area contributed by atoms with E-state index in [4.69, 9.17) is 9.26 Å². The predicted molar refractivity (Wildman–Crippen MR) is 86.7 cm³/mol. The van der Waals surface area contributed by atoms with Crippen LogP contribution in [0, 0.1) is 0 Å². The number of nitrogens with zero attached hydrogens (tertiary/aromatic N) is 3. The maximum atomic E-state index is 12.3. The summed E-state index contributed by atoms with van der Waals surface area (Å²) in [5, 5.41) is 5.97. The van der Waals surface area contributed by atoms with Gasteiger partial charge in [-0.05, 0) is 11.4 Å². The Morgan fingerprint density at radius 1 is 1.52 bits per heavy atom. The maximum absolute atomic E-state index is 12.3. The third-order valence-electron chi connectivity index (χ3n) is 3.89. The first kappa shape index (κ1) is 16.3. The lowest BCUT2D eigenvalue weighted by molar-refractivity contribution is -0.0138. The number of ketones is 1. The van der Waals surface area contributed by atoms with Crippen molar-refractivity contribution in [2.24, 2.45) is 0 Å². The fraction of sp³-hybridized carbons (Fsp3) is 0.562. The first-order valence-corrected chi connectivity index (χ1v) is 8.72. The normalized spacial score (nSPS) is 19.3. The van der Waals surface area contributed by atoms with Gasteiger partial charge in [-0.1, -0.05) is 25.1 Å². The summed E-state index contributed by atoms with van der Waals surface area (Å²) in [5.74, 6) is 1.71. The number of rotatable bonds is 6. The van der Waals surface area contributed by atoms with Gasteiger partial charge in [0.15, 0.2) is 11.6 Å². The zero-order valence-corrected chi connectivity index (χ0v) is 14.2. The monoisotopic (exact) mass is 335 g/mol. The summed E-state index contributed by atoms with van der Waals surface area (Å²) in [4.78, 5) is 19.8. The molecule has 124 valence electrons. The fourth-order valence-corrected chi connectivity index (χ4v) is 3.26. The van der Waals surface area contributed by atoms with Crippen LogP contribution in [0.1, 0.15) is 47.6 Å². The molecule has 0 aliphatic carbocycles. The average Bonchev–Trinajstić information content (AvgIpc) is 3.20. The zero-order valence-electron chi connectivity index (χ0n) is 13.4. The highest BCUT2D eigenvalue weighted by atomic mass is 32.1. The Hall–Kier alpha value is -1.57. The maximum Gasteiger partial charge on any atom is 0.229 e. The first-order chi connectivity index (χ1) is 11.1. The van der Waals surface area contributed by atoms with Crippen LogP contribution in [-0.4, -0.2) is 46.6 Å². The Bertz CT molecular complexity index is 639. The fourth-order valence-electron chi connectivity index (χ4n) is 2.59. The average molecular weight is 335 g/mol. The number of hydrogen-bond donors (Lipinski definition) is 0. The molecule has 0 spiro atoms. The van der Waals surface area contributed by atoms with Crippen LogP contribution in [-0.2, 0) is 11.3 Å². The molecule has 7 heteroatoms. The molecule has 0 N–H and O–H groups in total. The van der Waals surface area contributed by atoms with E-state index >= 15 is 0 Å². The van der Waals surface area contributed by atoms with E-state index in [2.05, 4.69) is 15.0 Å². The van der Waals surface area contributed by atoms with Gasteiger partial charge in [-0.3, -0.25) is 9.69 Å². The van der Waals surface area contributed by atoms with Gasteiger partial charge < -0.3 is 9.26 Å². The van der Waals surface area contributed by atoms with E-state index in [0.717, 1.165) is 11.4 Å². The molecule has 0 aromatic carbocycles. The molecule has 0 amide bonds. The molecule has 1 atom stereocenters. The number of aromatic nitrogens is 2. The summed E-state index contributed by atoms with van der Waals surface area (Å²) < 4.78 is 10.8. The molecule has 1 fully saturated rings. The Balaban J connectivity index is 1.64. The van der Waals surface area contributed by atoms with Crippen LogP contribution in [0.5, 0.6) is 0 Å². The highest BCUT2D eigenvalue weighted by Crippen LogP contribution is 2.19. The molecule has 2 aromatic heterocycles. The number of carbonyl (C=O) groups is 1. The second kappa shape index (κ2) is 7.33. The van der Waals surface area contributed by atoms with E-state index in [9.17, 15) is 4.79 Å². The van der Waals surface area contributed by atoms with Crippen LogP contribution >= 0.6 is 11.3 Å². The van der Waals surface area contributed by atoms with E-state index in [0.29, 0.717) is 37.9 Å². The molecular formula is C16H21N3O3S. The van der Waals surface area contributed by atoms with Crippen molar-refractivity contribution in [2.75, 3.05) is 19.8 Å². The highest BCUT2D eigenvalue weighted by Gasteiger charge is 2.27. The molecule has 3 heterocycles. The van der Waals surface area contributed by atoms with Crippen molar-refractivity contribution in [3.63, 3.8) is 0 Å². The molecule has 0 radical (unpaired) electrons. The van der Waals surface area contributed by atoms with Crippen molar-refractivity contribution < 1.29 is 14.1 Å². The standard InChI is InChI=1S/C16H21N3O3S/c1-11(2)16-17-15(18-22-16)9-19-5-6-21-10-12(19)8-13(20)14-4-3-7-23-14/h3-4,7,11-12H,5-6,8-10H2,1-2H3/t12-/m1/s1. The molecular weight excluding hydrogens is 314 g/mol. The summed E-state index contributed by atoms with van der Waals surface area (Å²) in [5.41, 5.74) is 0. The molecule has 23 heavy (non-hydrogen) atoms. The van der Waals surface area contributed by atoms with Gasteiger partial charge in [-0.2, -0.15) is 4.98 Å². The van der Waals surface area contributed by atoms with Crippen molar-refractivity contribution in [1.82, 2.24) is 15.0 Å². The van der Waals surface area contributed by atoms with Crippen LogP contribution in [0.4, 0.5) is 0 Å². The first-order valence-electron chi connectivity index (χ1n) is 7.84. The molecule has 0 bridgehead atoms. The van der Waals surface area contributed by atoms with E-state index < -0.39 is 0 Å². The van der Waals surface area contributed by atoms with Crippen molar-refractivity contribution in [2.45, 2.75) is 38.8 Å². The molecule has 0 unspecified atom stereocenters. The molecule has 1 saturated heterocycles. The SMILES string of the molecule is CC(C)c1nc(CN2CCOC[C@H]2CC(=O)c2cccs2)no1. The van der Waals surface area contributed by atoms with Gasteiger partial charge in [-0.25, -0.2) is 0 Å². The van der Waals surface area contributed by atoms with Crippen molar-refractivity contribution in [1.29, 1.82) is 0 Å². The lowest BCUT2D eigenvalue weighted by atomic mass is 10.1. The topological polar surface area (TPSA) is 68.5 Å². The highest BCUT2D eigenvalue weighted by molar-refractivity contribution is 7.12. The van der Waals surface area contributed by atoms with E-state index in [1.807, 2.05) is 31.4 Å². The zero-order chi connectivity index (χ0) is 16.2. The minimum atomic E-state index is 0.0550. The lowest BCUT2D eigenvalue weighted by Crippen LogP contribution is -2.46. The van der Waals surface area contributed by atoms with Crippen LogP contribution in [0.15, 0.2) is 22.0 Å². The van der Waals surface area contributed by atoms with E-state index in [1.165, 1.54) is 11.3 Å². The minimum Gasteiger partial charge on any atom is -0.378 e. The van der Waals surface area contributed by atoms with Gasteiger partial charge >= 0.3 is 0 Å². The van der Waals surface area contributed by atoms with Gasteiger partial charge in [0.2, 0.25) is 5.89 Å². The molecule has 3 rings (SSSR count). The molecule has 0 saturated carbocycles. The number of Topliss-reactive ketones (excluding diaryl/α,β-unsaturated/α-hetero) is 1. The van der Waals surface area contributed by atoms with Crippen molar-refractivity contribution in [3.05, 3.63) is 34.1 Å². The van der Waals surface area contributed by atoms with E-state index in [-0.39, 0.29) is 17.7 Å². The summed E-state index contributed by atoms with van der Waals surface area (Å²) >= 11 is 1.48. The molecule has 6 nitrogen and oxygen atoms in total. The quantitative estimate of drug-likeness (QED) is 0.756. The Labute approximate surface area is 139 Å². The second-order valence-electron chi connectivity index (χ2n) is 6.01. The smallest absolute Gasteiger partial charge is 0.229 e. The number of morpholine rings is 1. The Morgan fingerprint density at radius 2 is 2.39 bits per heavy atom. The Kier molecular flexibility index (Phi) is 5.20. The summed E-state index contributed by atoms with van der Waals surface area (Å²) in [6, 6.07) is 3.83. The van der Waals surface area contributed by atoms with Crippen molar-refractivity contribution >= 4 is 17.1 Å². The predicted octanol–water partition coefficient (Wildman–Crippen LogP) is 2.73. The number of hydrogen-bond acceptors (Lipinski definition) is 7. The minimum absolute atomic E-state index is 0.0550. The largest absolute Gasteiger partial charge is 0.378 e.